The van der Waals surface area contributed by atoms with Gasteiger partial charge in [-0.3, -0.25) is 4.79 Å². The third-order valence-electron chi connectivity index (χ3n) is 4.33. The van der Waals surface area contributed by atoms with Crippen molar-refractivity contribution < 1.29 is 23.7 Å². The quantitative estimate of drug-likeness (QED) is 0.821. The largest absolute Gasteiger partial charge is 0.486 e. The molecule has 0 spiro atoms. The number of benzene rings is 1. The van der Waals surface area contributed by atoms with Crippen LogP contribution in [0.2, 0.25) is 0 Å². The Morgan fingerprint density at radius 2 is 2.00 bits per heavy atom. The standard InChI is InChI=1S/C18H19N3O5/c1-23-16-17(20-7-6-19-16)26-12-5-8-21(11-12)18(22)13-3-2-4-14-15(13)25-10-9-24-14/h2-4,6-7,12H,5,8-11H2,1H3. The minimum Gasteiger partial charge on any atom is -0.486 e. The second kappa shape index (κ2) is 7.07. The van der Waals surface area contributed by atoms with E-state index in [9.17, 15) is 4.79 Å². The van der Waals surface area contributed by atoms with Gasteiger partial charge in [-0.1, -0.05) is 6.07 Å². The number of carbonyl (C=O) groups is 1. The Kier molecular flexibility index (Phi) is 4.47. The second-order valence-electron chi connectivity index (χ2n) is 5.98. The first-order valence-corrected chi connectivity index (χ1v) is 8.46. The molecule has 4 rings (SSSR count). The molecule has 0 bridgehead atoms. The van der Waals surface area contributed by atoms with Gasteiger partial charge in [-0.2, -0.15) is 0 Å². The Balaban J connectivity index is 1.46. The highest BCUT2D eigenvalue weighted by molar-refractivity contribution is 5.98. The summed E-state index contributed by atoms with van der Waals surface area (Å²) >= 11 is 0. The van der Waals surface area contributed by atoms with Crippen LogP contribution >= 0.6 is 0 Å². The van der Waals surface area contributed by atoms with Crippen LogP contribution in [0.4, 0.5) is 0 Å². The first-order valence-electron chi connectivity index (χ1n) is 8.46. The molecule has 136 valence electrons. The van der Waals surface area contributed by atoms with Crippen molar-refractivity contribution in [2.45, 2.75) is 12.5 Å². The Morgan fingerprint density at radius 3 is 2.85 bits per heavy atom. The molecule has 8 nitrogen and oxygen atoms in total. The van der Waals surface area contributed by atoms with Gasteiger partial charge in [0.15, 0.2) is 11.5 Å². The highest BCUT2D eigenvalue weighted by Gasteiger charge is 2.32. The van der Waals surface area contributed by atoms with Gasteiger partial charge in [-0.25, -0.2) is 9.97 Å². The van der Waals surface area contributed by atoms with Gasteiger partial charge in [-0.15, -0.1) is 0 Å². The monoisotopic (exact) mass is 357 g/mol. The molecule has 1 aromatic heterocycles. The molecule has 3 heterocycles. The van der Waals surface area contributed by atoms with Gasteiger partial charge in [0.25, 0.3) is 17.7 Å². The molecular weight excluding hydrogens is 338 g/mol. The van der Waals surface area contributed by atoms with Gasteiger partial charge in [0.1, 0.15) is 19.3 Å². The summed E-state index contributed by atoms with van der Waals surface area (Å²) in [5.74, 6) is 1.70. The zero-order valence-corrected chi connectivity index (χ0v) is 14.4. The summed E-state index contributed by atoms with van der Waals surface area (Å²) in [6, 6.07) is 5.37. The van der Waals surface area contributed by atoms with Gasteiger partial charge in [0, 0.05) is 25.4 Å². The highest BCUT2D eigenvalue weighted by atomic mass is 16.6. The normalized spacial score (nSPS) is 18.5. The fourth-order valence-corrected chi connectivity index (χ4v) is 3.11. The minimum absolute atomic E-state index is 0.0930. The van der Waals surface area contributed by atoms with Crippen molar-refractivity contribution in [1.82, 2.24) is 14.9 Å². The van der Waals surface area contributed by atoms with E-state index in [0.717, 1.165) is 0 Å². The molecule has 1 aromatic carbocycles. The third kappa shape index (κ3) is 3.10. The van der Waals surface area contributed by atoms with Crippen LogP contribution in [0.25, 0.3) is 0 Å². The van der Waals surface area contributed by atoms with Crippen LogP contribution in [-0.2, 0) is 0 Å². The number of rotatable bonds is 4. The van der Waals surface area contributed by atoms with Crippen molar-refractivity contribution in [2.75, 3.05) is 33.4 Å². The number of likely N-dealkylation sites (tertiary alicyclic amines) is 1. The van der Waals surface area contributed by atoms with Crippen molar-refractivity contribution in [3.8, 4) is 23.3 Å². The van der Waals surface area contributed by atoms with E-state index in [0.29, 0.717) is 61.5 Å². The molecule has 2 aliphatic heterocycles. The number of hydrogen-bond donors (Lipinski definition) is 0. The number of ether oxygens (including phenoxy) is 4. The molecule has 1 atom stereocenters. The molecule has 2 aliphatic rings. The van der Waals surface area contributed by atoms with E-state index in [1.807, 2.05) is 6.07 Å². The number of para-hydroxylation sites is 1. The second-order valence-corrected chi connectivity index (χ2v) is 5.98. The van der Waals surface area contributed by atoms with Crippen LogP contribution in [0.1, 0.15) is 16.8 Å². The fraction of sp³-hybridized carbons (Fsp3) is 0.389. The van der Waals surface area contributed by atoms with E-state index in [-0.39, 0.29) is 12.0 Å². The maximum absolute atomic E-state index is 12.9. The number of methoxy groups -OCH3 is 1. The van der Waals surface area contributed by atoms with Crippen molar-refractivity contribution in [1.29, 1.82) is 0 Å². The van der Waals surface area contributed by atoms with E-state index >= 15 is 0 Å². The molecule has 0 saturated carbocycles. The van der Waals surface area contributed by atoms with Gasteiger partial charge in [0.2, 0.25) is 0 Å². The molecule has 1 unspecified atom stereocenters. The first kappa shape index (κ1) is 16.4. The summed E-state index contributed by atoms with van der Waals surface area (Å²) in [5.41, 5.74) is 0.514. The number of hydrogen-bond acceptors (Lipinski definition) is 7. The van der Waals surface area contributed by atoms with Gasteiger partial charge < -0.3 is 23.8 Å². The van der Waals surface area contributed by atoms with Crippen LogP contribution in [0.5, 0.6) is 23.3 Å². The molecule has 8 heteroatoms. The lowest BCUT2D eigenvalue weighted by Crippen LogP contribution is -2.32. The Morgan fingerprint density at radius 1 is 1.19 bits per heavy atom. The van der Waals surface area contributed by atoms with Gasteiger partial charge >= 0.3 is 0 Å². The van der Waals surface area contributed by atoms with Crippen LogP contribution in [0.3, 0.4) is 0 Å². The van der Waals surface area contributed by atoms with E-state index in [1.165, 1.54) is 13.3 Å². The van der Waals surface area contributed by atoms with Crippen molar-refractivity contribution in [3.05, 3.63) is 36.2 Å². The Bertz CT molecular complexity index is 813. The van der Waals surface area contributed by atoms with Crippen LogP contribution in [0, 0.1) is 0 Å². The first-order chi connectivity index (χ1) is 12.8. The van der Waals surface area contributed by atoms with Crippen molar-refractivity contribution in [2.24, 2.45) is 0 Å². The molecule has 0 N–H and O–H groups in total. The molecule has 26 heavy (non-hydrogen) atoms. The molecule has 0 aliphatic carbocycles. The van der Waals surface area contributed by atoms with Crippen molar-refractivity contribution >= 4 is 5.91 Å². The predicted molar refractivity (Wildman–Crippen MR) is 91.0 cm³/mol. The van der Waals surface area contributed by atoms with Crippen molar-refractivity contribution in [3.63, 3.8) is 0 Å². The maximum Gasteiger partial charge on any atom is 0.278 e. The fourth-order valence-electron chi connectivity index (χ4n) is 3.11. The molecule has 1 saturated heterocycles. The van der Waals surface area contributed by atoms with Gasteiger partial charge in [-0.05, 0) is 12.1 Å². The maximum atomic E-state index is 12.9. The van der Waals surface area contributed by atoms with Gasteiger partial charge in [0.05, 0.1) is 19.2 Å². The predicted octanol–water partition coefficient (Wildman–Crippen LogP) is 1.55. The van der Waals surface area contributed by atoms with Crippen LogP contribution in [0.15, 0.2) is 30.6 Å². The topological polar surface area (TPSA) is 83.0 Å². The highest BCUT2D eigenvalue weighted by Crippen LogP contribution is 2.35. The number of fused-ring (bicyclic) bond motifs is 1. The molecule has 1 amide bonds. The minimum atomic E-state index is -0.166. The number of aromatic nitrogens is 2. The average molecular weight is 357 g/mol. The summed E-state index contributed by atoms with van der Waals surface area (Å²) in [6.45, 7) is 1.99. The lowest BCUT2D eigenvalue weighted by molar-refractivity contribution is 0.0759. The number of nitrogens with zero attached hydrogens (tertiary/aromatic N) is 3. The van der Waals surface area contributed by atoms with E-state index in [2.05, 4.69) is 9.97 Å². The van der Waals surface area contributed by atoms with E-state index in [1.54, 1.807) is 23.2 Å². The van der Waals surface area contributed by atoms with E-state index in [4.69, 9.17) is 18.9 Å². The number of carbonyl (C=O) groups excluding carboxylic acids is 1. The van der Waals surface area contributed by atoms with Crippen LogP contribution < -0.4 is 18.9 Å². The molecule has 0 radical (unpaired) electrons. The summed E-state index contributed by atoms with van der Waals surface area (Å²) in [4.78, 5) is 22.9. The molecule has 1 fully saturated rings. The Hall–Kier alpha value is -3.03. The van der Waals surface area contributed by atoms with E-state index < -0.39 is 0 Å². The van der Waals surface area contributed by atoms with Crippen LogP contribution in [-0.4, -0.2) is 60.3 Å². The zero-order valence-electron chi connectivity index (χ0n) is 14.4. The summed E-state index contributed by atoms with van der Waals surface area (Å²) in [5, 5.41) is 0. The zero-order chi connectivity index (χ0) is 17.9. The average Bonchev–Trinajstić information content (AvgIpc) is 3.16. The molecule has 2 aromatic rings. The lowest BCUT2D eigenvalue weighted by Gasteiger charge is -2.23. The summed E-state index contributed by atoms with van der Waals surface area (Å²) < 4.78 is 22.2. The SMILES string of the molecule is COc1nccnc1OC1CCN(C(=O)c2cccc3c2OCCO3)C1. The third-order valence-corrected chi connectivity index (χ3v) is 4.33. The lowest BCUT2D eigenvalue weighted by atomic mass is 10.1. The smallest absolute Gasteiger partial charge is 0.278 e. The number of amides is 1. The summed E-state index contributed by atoms with van der Waals surface area (Å²) in [6.07, 6.45) is 3.62. The summed E-state index contributed by atoms with van der Waals surface area (Å²) in [7, 11) is 1.52. The Labute approximate surface area is 150 Å². The molecular formula is C18H19N3O5.